The molecule has 0 radical (unpaired) electrons. The number of nitriles is 1. The van der Waals surface area contributed by atoms with Gasteiger partial charge >= 0.3 is 5.97 Å². The third-order valence-electron chi connectivity index (χ3n) is 1.45. The Morgan fingerprint density at radius 1 is 1.73 bits per heavy atom. The molecule has 4 heteroatoms. The molecule has 62 valence electrons. The molecule has 0 aliphatic heterocycles. The van der Waals surface area contributed by atoms with Crippen molar-refractivity contribution in [2.24, 2.45) is 5.92 Å². The fourth-order valence-electron chi connectivity index (χ4n) is 0.771. The predicted octanol–water partition coefficient (Wildman–Crippen LogP) is 0.372. The molecule has 0 unspecified atom stereocenters. The van der Waals surface area contributed by atoms with Gasteiger partial charge in [0.15, 0.2) is 0 Å². The van der Waals surface area contributed by atoms with Crippen LogP contribution in [0.2, 0.25) is 0 Å². The SMILES string of the molecule is CC[C@@H](C#N)[C@@H](O)CC(=O)O. The Labute approximate surface area is 65.1 Å². The molecule has 0 aromatic carbocycles. The Balaban J connectivity index is 3.91. The van der Waals surface area contributed by atoms with Crippen LogP contribution in [0.4, 0.5) is 0 Å². The second-order valence-corrected chi connectivity index (χ2v) is 2.31. The van der Waals surface area contributed by atoms with E-state index in [9.17, 15) is 4.79 Å². The smallest absolute Gasteiger partial charge is 0.306 e. The maximum atomic E-state index is 10.1. The largest absolute Gasteiger partial charge is 0.481 e. The molecule has 11 heavy (non-hydrogen) atoms. The van der Waals surface area contributed by atoms with Crippen LogP contribution in [0.3, 0.4) is 0 Å². The Hall–Kier alpha value is -1.08. The summed E-state index contributed by atoms with van der Waals surface area (Å²) in [7, 11) is 0. The summed E-state index contributed by atoms with van der Waals surface area (Å²) < 4.78 is 0. The van der Waals surface area contributed by atoms with Crippen molar-refractivity contribution in [2.75, 3.05) is 0 Å². The van der Waals surface area contributed by atoms with Crippen molar-refractivity contribution >= 4 is 5.97 Å². The lowest BCUT2D eigenvalue weighted by atomic mass is 9.99. The molecule has 4 nitrogen and oxygen atoms in total. The zero-order valence-electron chi connectivity index (χ0n) is 6.32. The Bertz CT molecular complexity index is 173. The van der Waals surface area contributed by atoms with Gasteiger partial charge in [-0.2, -0.15) is 5.26 Å². The number of aliphatic hydroxyl groups is 1. The average molecular weight is 157 g/mol. The van der Waals surface area contributed by atoms with Gasteiger partial charge in [0.1, 0.15) is 0 Å². The van der Waals surface area contributed by atoms with Crippen LogP contribution < -0.4 is 0 Å². The molecule has 0 heterocycles. The molecule has 0 fully saturated rings. The molecule has 2 atom stereocenters. The van der Waals surface area contributed by atoms with E-state index < -0.39 is 18.0 Å². The van der Waals surface area contributed by atoms with Gasteiger partial charge in [0.25, 0.3) is 0 Å². The van der Waals surface area contributed by atoms with Crippen molar-refractivity contribution in [3.05, 3.63) is 0 Å². The number of aliphatic carboxylic acids is 1. The van der Waals surface area contributed by atoms with Gasteiger partial charge in [-0.15, -0.1) is 0 Å². The third kappa shape index (κ3) is 3.58. The first kappa shape index (κ1) is 9.92. The van der Waals surface area contributed by atoms with Crippen LogP contribution in [0.15, 0.2) is 0 Å². The Morgan fingerprint density at radius 2 is 2.27 bits per heavy atom. The van der Waals surface area contributed by atoms with Crippen molar-refractivity contribution in [2.45, 2.75) is 25.9 Å². The van der Waals surface area contributed by atoms with Crippen LogP contribution in [0.1, 0.15) is 19.8 Å². The van der Waals surface area contributed by atoms with Crippen molar-refractivity contribution in [3.8, 4) is 6.07 Å². The monoisotopic (exact) mass is 157 g/mol. The number of aliphatic hydroxyl groups excluding tert-OH is 1. The first-order valence-corrected chi connectivity index (χ1v) is 3.41. The lowest BCUT2D eigenvalue weighted by molar-refractivity contribution is -0.139. The highest BCUT2D eigenvalue weighted by Gasteiger charge is 2.19. The summed E-state index contributed by atoms with van der Waals surface area (Å²) >= 11 is 0. The fraction of sp³-hybridized carbons (Fsp3) is 0.714. The highest BCUT2D eigenvalue weighted by molar-refractivity contribution is 5.67. The second kappa shape index (κ2) is 4.69. The van der Waals surface area contributed by atoms with Crippen LogP contribution in [0, 0.1) is 17.2 Å². The maximum absolute atomic E-state index is 10.1. The molecule has 0 aliphatic rings. The third-order valence-corrected chi connectivity index (χ3v) is 1.45. The van der Waals surface area contributed by atoms with E-state index in [0.29, 0.717) is 6.42 Å². The van der Waals surface area contributed by atoms with Crippen molar-refractivity contribution in [1.29, 1.82) is 5.26 Å². The summed E-state index contributed by atoms with van der Waals surface area (Å²) in [6, 6.07) is 1.84. The topological polar surface area (TPSA) is 81.3 Å². The summed E-state index contributed by atoms with van der Waals surface area (Å²) in [4.78, 5) is 10.1. The minimum atomic E-state index is -1.08. The summed E-state index contributed by atoms with van der Waals surface area (Å²) in [5, 5.41) is 25.7. The highest BCUT2D eigenvalue weighted by Crippen LogP contribution is 2.10. The quantitative estimate of drug-likeness (QED) is 0.617. The molecule has 0 saturated heterocycles. The molecule has 0 aromatic heterocycles. The number of rotatable bonds is 4. The minimum Gasteiger partial charge on any atom is -0.481 e. The van der Waals surface area contributed by atoms with Gasteiger partial charge in [-0.25, -0.2) is 0 Å². The van der Waals surface area contributed by atoms with Gasteiger partial charge in [-0.05, 0) is 6.42 Å². The van der Waals surface area contributed by atoms with Crippen molar-refractivity contribution in [1.82, 2.24) is 0 Å². The van der Waals surface area contributed by atoms with Gasteiger partial charge < -0.3 is 10.2 Å². The van der Waals surface area contributed by atoms with E-state index in [2.05, 4.69) is 0 Å². The van der Waals surface area contributed by atoms with Crippen LogP contribution >= 0.6 is 0 Å². The zero-order valence-corrected chi connectivity index (χ0v) is 6.32. The molecular formula is C7H11NO3. The zero-order chi connectivity index (χ0) is 8.85. The van der Waals surface area contributed by atoms with Crippen molar-refractivity contribution in [3.63, 3.8) is 0 Å². The van der Waals surface area contributed by atoms with E-state index >= 15 is 0 Å². The Kier molecular flexibility index (Phi) is 4.23. The summed E-state index contributed by atoms with van der Waals surface area (Å²) in [5.74, 6) is -1.64. The van der Waals surface area contributed by atoms with Crippen LogP contribution in [-0.4, -0.2) is 22.3 Å². The number of carboxylic acids is 1. The molecule has 0 amide bonds. The average Bonchev–Trinajstić information content (AvgIpc) is 1.88. The molecule has 0 aromatic rings. The Morgan fingerprint density at radius 3 is 2.55 bits per heavy atom. The standard InChI is InChI=1S/C7H11NO3/c1-2-5(4-8)6(9)3-7(10)11/h5-6,9H,2-3H2,1H3,(H,10,11)/t5-,6-/m0/s1. The van der Waals surface area contributed by atoms with Gasteiger partial charge in [0, 0.05) is 0 Å². The van der Waals surface area contributed by atoms with Crippen LogP contribution in [-0.2, 0) is 4.79 Å². The van der Waals surface area contributed by atoms with E-state index in [0.717, 1.165) is 0 Å². The summed E-state index contributed by atoms with van der Waals surface area (Å²) in [5.41, 5.74) is 0. The second-order valence-electron chi connectivity index (χ2n) is 2.31. The maximum Gasteiger partial charge on any atom is 0.306 e. The fourth-order valence-corrected chi connectivity index (χ4v) is 0.771. The molecule has 0 rings (SSSR count). The predicted molar refractivity (Wildman–Crippen MR) is 37.7 cm³/mol. The number of carboxylic acid groups (broad SMARTS) is 1. The van der Waals surface area contributed by atoms with Gasteiger partial charge in [-0.1, -0.05) is 6.92 Å². The van der Waals surface area contributed by atoms with Gasteiger partial charge in [0.2, 0.25) is 0 Å². The molecule has 0 saturated carbocycles. The summed E-state index contributed by atoms with van der Waals surface area (Å²) in [6.45, 7) is 1.74. The molecule has 0 spiro atoms. The van der Waals surface area contributed by atoms with E-state index in [1.807, 2.05) is 6.07 Å². The lowest BCUT2D eigenvalue weighted by Gasteiger charge is -2.11. The molecule has 2 N–H and O–H groups in total. The normalized spacial score (nSPS) is 15.0. The summed E-state index contributed by atoms with van der Waals surface area (Å²) in [6.07, 6.45) is -0.917. The first-order valence-electron chi connectivity index (χ1n) is 3.41. The number of hydrogen-bond donors (Lipinski definition) is 2. The van der Waals surface area contributed by atoms with Crippen LogP contribution in [0.25, 0.3) is 0 Å². The van der Waals surface area contributed by atoms with Crippen molar-refractivity contribution < 1.29 is 15.0 Å². The van der Waals surface area contributed by atoms with E-state index in [4.69, 9.17) is 15.5 Å². The van der Waals surface area contributed by atoms with E-state index in [1.54, 1.807) is 6.92 Å². The van der Waals surface area contributed by atoms with Gasteiger partial charge in [0.05, 0.1) is 24.5 Å². The number of hydrogen-bond acceptors (Lipinski definition) is 3. The van der Waals surface area contributed by atoms with E-state index in [-0.39, 0.29) is 6.42 Å². The highest BCUT2D eigenvalue weighted by atomic mass is 16.4. The first-order chi connectivity index (χ1) is 5.11. The van der Waals surface area contributed by atoms with E-state index in [1.165, 1.54) is 0 Å². The number of carbonyl (C=O) groups is 1. The number of nitrogens with zero attached hydrogens (tertiary/aromatic N) is 1. The molecule has 0 bridgehead atoms. The molecule has 0 aliphatic carbocycles. The minimum absolute atomic E-state index is 0.355. The van der Waals surface area contributed by atoms with Gasteiger partial charge in [-0.3, -0.25) is 4.79 Å². The lowest BCUT2D eigenvalue weighted by Crippen LogP contribution is -2.21. The molecular weight excluding hydrogens is 146 g/mol. The van der Waals surface area contributed by atoms with Crippen LogP contribution in [0.5, 0.6) is 0 Å².